The van der Waals surface area contributed by atoms with Crippen LogP contribution in [0, 0.1) is 5.92 Å². The van der Waals surface area contributed by atoms with E-state index in [0.717, 1.165) is 12.0 Å². The summed E-state index contributed by atoms with van der Waals surface area (Å²) in [6, 6.07) is 1.42. The van der Waals surface area contributed by atoms with Crippen molar-refractivity contribution in [3.8, 4) is 0 Å². The zero-order valence-corrected chi connectivity index (χ0v) is 9.75. The third-order valence-corrected chi connectivity index (χ3v) is 3.14. The molecule has 1 aliphatic heterocycles. The zero-order chi connectivity index (χ0) is 10.0. The summed E-state index contributed by atoms with van der Waals surface area (Å²) in [6.07, 6.45) is 0. The van der Waals surface area contributed by atoms with Gasteiger partial charge in [0.05, 0.1) is 0 Å². The number of likely N-dealkylation sites (tertiary alicyclic amines) is 1. The molecule has 0 spiro atoms. The molecule has 1 rings (SSSR count). The van der Waals surface area contributed by atoms with Crippen molar-refractivity contribution in [1.82, 2.24) is 9.80 Å². The van der Waals surface area contributed by atoms with Gasteiger partial charge in [-0.15, -0.1) is 0 Å². The number of rotatable bonds is 4. The Morgan fingerprint density at radius 2 is 1.77 bits per heavy atom. The van der Waals surface area contributed by atoms with Crippen LogP contribution in [0.3, 0.4) is 0 Å². The number of hydrogen-bond donors (Lipinski definition) is 0. The second-order valence-electron chi connectivity index (χ2n) is 4.95. The molecular formula is C11H24N2. The minimum atomic E-state index is 0.688. The van der Waals surface area contributed by atoms with Crippen molar-refractivity contribution < 1.29 is 0 Å². The Morgan fingerprint density at radius 3 is 2.15 bits per heavy atom. The molecule has 2 nitrogen and oxygen atoms in total. The van der Waals surface area contributed by atoms with Gasteiger partial charge in [-0.3, -0.25) is 0 Å². The molecule has 78 valence electrons. The van der Waals surface area contributed by atoms with Crippen molar-refractivity contribution in [2.24, 2.45) is 5.92 Å². The molecule has 0 radical (unpaired) electrons. The average molecular weight is 184 g/mol. The average Bonchev–Trinajstić information content (AvgIpc) is 1.94. The highest BCUT2D eigenvalue weighted by Crippen LogP contribution is 2.19. The number of nitrogens with zero attached hydrogens (tertiary/aromatic N) is 2. The van der Waals surface area contributed by atoms with Crippen LogP contribution in [0.5, 0.6) is 0 Å². The van der Waals surface area contributed by atoms with Gasteiger partial charge in [-0.2, -0.15) is 0 Å². The van der Waals surface area contributed by atoms with Crippen molar-refractivity contribution in [2.45, 2.75) is 39.8 Å². The lowest BCUT2D eigenvalue weighted by molar-refractivity contribution is 0.0420. The predicted molar refractivity (Wildman–Crippen MR) is 58.0 cm³/mol. The molecular weight excluding hydrogens is 160 g/mol. The monoisotopic (exact) mass is 184 g/mol. The first-order valence-electron chi connectivity index (χ1n) is 5.45. The van der Waals surface area contributed by atoms with Gasteiger partial charge >= 0.3 is 0 Å². The van der Waals surface area contributed by atoms with Crippen molar-refractivity contribution in [3.63, 3.8) is 0 Å². The van der Waals surface area contributed by atoms with E-state index < -0.39 is 0 Å². The molecule has 0 aromatic rings. The van der Waals surface area contributed by atoms with Crippen molar-refractivity contribution in [3.05, 3.63) is 0 Å². The first-order valence-corrected chi connectivity index (χ1v) is 5.45. The highest BCUT2D eigenvalue weighted by atomic mass is 15.2. The van der Waals surface area contributed by atoms with Gasteiger partial charge in [-0.05, 0) is 40.7 Å². The fourth-order valence-corrected chi connectivity index (χ4v) is 1.77. The van der Waals surface area contributed by atoms with Gasteiger partial charge in [0, 0.05) is 31.7 Å². The molecule has 0 atom stereocenters. The smallest absolute Gasteiger partial charge is 0.00388 e. The molecule has 13 heavy (non-hydrogen) atoms. The van der Waals surface area contributed by atoms with Gasteiger partial charge in [-0.25, -0.2) is 0 Å². The quantitative estimate of drug-likeness (QED) is 0.656. The summed E-state index contributed by atoms with van der Waals surface area (Å²) in [5, 5.41) is 0. The maximum Gasteiger partial charge on any atom is 0.00388 e. The maximum absolute atomic E-state index is 2.54. The molecule has 1 fully saturated rings. The van der Waals surface area contributed by atoms with Gasteiger partial charge in [0.1, 0.15) is 0 Å². The van der Waals surface area contributed by atoms with E-state index in [1.807, 2.05) is 0 Å². The van der Waals surface area contributed by atoms with E-state index in [2.05, 4.69) is 44.5 Å². The third-order valence-electron chi connectivity index (χ3n) is 3.14. The first-order chi connectivity index (χ1) is 6.00. The van der Waals surface area contributed by atoms with E-state index in [1.54, 1.807) is 0 Å². The van der Waals surface area contributed by atoms with Crippen LogP contribution in [-0.4, -0.2) is 48.6 Å². The Kier molecular flexibility index (Phi) is 3.74. The lowest BCUT2D eigenvalue weighted by Crippen LogP contribution is -2.54. The lowest BCUT2D eigenvalue weighted by atomic mass is 9.97. The van der Waals surface area contributed by atoms with Crippen molar-refractivity contribution in [1.29, 1.82) is 0 Å². The fraction of sp³-hybridized carbons (Fsp3) is 1.00. The van der Waals surface area contributed by atoms with Gasteiger partial charge in [0.15, 0.2) is 0 Å². The molecule has 0 amide bonds. The van der Waals surface area contributed by atoms with E-state index in [0.29, 0.717) is 6.04 Å². The van der Waals surface area contributed by atoms with E-state index in [-0.39, 0.29) is 0 Å². The van der Waals surface area contributed by atoms with Crippen LogP contribution in [0.25, 0.3) is 0 Å². The lowest BCUT2D eigenvalue weighted by Gasteiger charge is -2.44. The van der Waals surface area contributed by atoms with Gasteiger partial charge in [0.25, 0.3) is 0 Å². The summed E-state index contributed by atoms with van der Waals surface area (Å²) in [5.41, 5.74) is 0. The molecule has 0 aromatic carbocycles. The summed E-state index contributed by atoms with van der Waals surface area (Å²) in [5.74, 6) is 0.912. The second kappa shape index (κ2) is 4.43. The predicted octanol–water partition coefficient (Wildman–Crippen LogP) is 1.67. The normalized spacial score (nSPS) is 20.3. The Bertz CT molecular complexity index is 148. The molecule has 0 N–H and O–H groups in total. The molecule has 0 bridgehead atoms. The van der Waals surface area contributed by atoms with Crippen LogP contribution in [-0.2, 0) is 0 Å². The highest BCUT2D eigenvalue weighted by Gasteiger charge is 2.29. The summed E-state index contributed by atoms with van der Waals surface area (Å²) in [4.78, 5) is 4.99. The van der Waals surface area contributed by atoms with Gasteiger partial charge in [-0.1, -0.05) is 0 Å². The Hall–Kier alpha value is -0.0800. The fourth-order valence-electron chi connectivity index (χ4n) is 1.77. The maximum atomic E-state index is 2.54. The van der Waals surface area contributed by atoms with Crippen LogP contribution in [0.1, 0.15) is 27.7 Å². The Morgan fingerprint density at radius 1 is 1.23 bits per heavy atom. The topological polar surface area (TPSA) is 6.48 Å². The molecule has 2 heteroatoms. The largest absolute Gasteiger partial charge is 0.304 e. The first kappa shape index (κ1) is 11.0. The van der Waals surface area contributed by atoms with E-state index in [1.165, 1.54) is 19.6 Å². The van der Waals surface area contributed by atoms with Crippen LogP contribution in [0.4, 0.5) is 0 Å². The summed E-state index contributed by atoms with van der Waals surface area (Å²) < 4.78 is 0. The Labute approximate surface area is 82.9 Å². The molecule has 0 aliphatic carbocycles. The molecule has 0 saturated carbocycles. The van der Waals surface area contributed by atoms with Crippen LogP contribution in [0.15, 0.2) is 0 Å². The Balaban J connectivity index is 2.14. The molecule has 0 aromatic heterocycles. The molecule has 0 unspecified atom stereocenters. The minimum absolute atomic E-state index is 0.688. The van der Waals surface area contributed by atoms with Crippen molar-refractivity contribution >= 4 is 0 Å². The van der Waals surface area contributed by atoms with E-state index >= 15 is 0 Å². The number of hydrogen-bond acceptors (Lipinski definition) is 2. The van der Waals surface area contributed by atoms with Crippen LogP contribution >= 0.6 is 0 Å². The van der Waals surface area contributed by atoms with E-state index in [9.17, 15) is 0 Å². The van der Waals surface area contributed by atoms with Crippen molar-refractivity contribution in [2.75, 3.05) is 26.7 Å². The summed E-state index contributed by atoms with van der Waals surface area (Å²) in [6.45, 7) is 13.0. The summed E-state index contributed by atoms with van der Waals surface area (Å²) >= 11 is 0. The van der Waals surface area contributed by atoms with Crippen LogP contribution in [0.2, 0.25) is 0 Å². The second-order valence-corrected chi connectivity index (χ2v) is 4.95. The van der Waals surface area contributed by atoms with Gasteiger partial charge in [0.2, 0.25) is 0 Å². The third kappa shape index (κ3) is 2.96. The molecule has 1 saturated heterocycles. The summed E-state index contributed by atoms with van der Waals surface area (Å²) in [7, 11) is 2.22. The van der Waals surface area contributed by atoms with Crippen LogP contribution < -0.4 is 0 Å². The molecule has 1 heterocycles. The molecule has 1 aliphatic rings. The highest BCUT2D eigenvalue weighted by molar-refractivity contribution is 4.84. The zero-order valence-electron chi connectivity index (χ0n) is 9.75. The minimum Gasteiger partial charge on any atom is -0.304 e. The van der Waals surface area contributed by atoms with Gasteiger partial charge < -0.3 is 9.80 Å². The standard InChI is InChI=1S/C11H24N2/c1-9(2)12(5)6-11-7-13(8-11)10(3)4/h9-11H,6-8H2,1-5H3. The SMILES string of the molecule is CC(C)N(C)CC1CN(C(C)C)C1. The van der Waals surface area contributed by atoms with E-state index in [4.69, 9.17) is 0 Å².